The summed E-state index contributed by atoms with van der Waals surface area (Å²) in [7, 11) is 8.11. The van der Waals surface area contributed by atoms with Gasteiger partial charge in [-0.3, -0.25) is 0 Å². The SMILES string of the molecule is CCCCCCCCCN(CC1CCC(CN(CCCCCCCCC)C(=O)Nc2ccc(N(C)C)cc2)CC1)C(=O)Nc1ccc(N(C)C)cc1. The van der Waals surface area contributed by atoms with Crippen molar-refractivity contribution < 1.29 is 9.59 Å². The molecule has 0 atom stereocenters. The molecule has 2 aromatic carbocycles. The predicted molar refractivity (Wildman–Crippen MR) is 224 cm³/mol. The van der Waals surface area contributed by atoms with Crippen molar-refractivity contribution in [1.29, 1.82) is 0 Å². The zero-order valence-electron chi connectivity index (χ0n) is 33.9. The highest BCUT2D eigenvalue weighted by atomic mass is 16.2. The average Bonchev–Trinajstić information content (AvgIpc) is 3.14. The number of anilines is 4. The van der Waals surface area contributed by atoms with Crippen LogP contribution in [-0.2, 0) is 0 Å². The van der Waals surface area contributed by atoms with Gasteiger partial charge in [0.05, 0.1) is 0 Å². The van der Waals surface area contributed by atoms with E-state index in [2.05, 4.69) is 68.3 Å². The van der Waals surface area contributed by atoms with Gasteiger partial charge in [-0.1, -0.05) is 90.9 Å². The van der Waals surface area contributed by atoms with Crippen LogP contribution in [0, 0.1) is 11.8 Å². The van der Waals surface area contributed by atoms with Gasteiger partial charge in [-0.15, -0.1) is 0 Å². The van der Waals surface area contributed by atoms with Gasteiger partial charge < -0.3 is 30.2 Å². The van der Waals surface area contributed by atoms with Crippen LogP contribution in [0.5, 0.6) is 0 Å². The lowest BCUT2D eigenvalue weighted by Crippen LogP contribution is -2.42. The Morgan fingerprint density at radius 3 is 1.12 bits per heavy atom. The molecule has 0 unspecified atom stereocenters. The summed E-state index contributed by atoms with van der Waals surface area (Å²) in [4.78, 5) is 35.6. The lowest BCUT2D eigenvalue weighted by Gasteiger charge is -2.35. The molecule has 2 aromatic rings. The summed E-state index contributed by atoms with van der Waals surface area (Å²) in [6.07, 6.45) is 21.7. The number of hydrogen-bond donors (Lipinski definition) is 2. The van der Waals surface area contributed by atoms with E-state index in [0.29, 0.717) is 11.8 Å². The maximum absolute atomic E-state index is 13.6. The van der Waals surface area contributed by atoms with E-state index in [1.165, 1.54) is 77.0 Å². The first kappa shape index (κ1) is 43.0. The van der Waals surface area contributed by atoms with E-state index in [4.69, 9.17) is 0 Å². The molecule has 0 spiro atoms. The van der Waals surface area contributed by atoms with Crippen LogP contribution in [0.15, 0.2) is 48.5 Å². The monoisotopic (exact) mass is 719 g/mol. The van der Waals surface area contributed by atoms with E-state index in [9.17, 15) is 9.59 Å². The summed E-state index contributed by atoms with van der Waals surface area (Å²) in [5, 5.41) is 6.39. The molecule has 4 amide bonds. The molecular formula is C44H74N6O2. The second kappa shape index (κ2) is 24.8. The van der Waals surface area contributed by atoms with Crippen LogP contribution in [-0.4, -0.2) is 76.2 Å². The minimum atomic E-state index is 0.0156. The van der Waals surface area contributed by atoms with Gasteiger partial charge >= 0.3 is 12.1 Å². The fourth-order valence-corrected chi connectivity index (χ4v) is 7.38. The second-order valence-corrected chi connectivity index (χ2v) is 15.8. The average molecular weight is 719 g/mol. The predicted octanol–water partition coefficient (Wildman–Crippen LogP) is 11.5. The van der Waals surface area contributed by atoms with Gasteiger partial charge in [-0.25, -0.2) is 9.59 Å². The topological polar surface area (TPSA) is 71.2 Å². The molecule has 1 aliphatic rings. The first-order valence-corrected chi connectivity index (χ1v) is 20.9. The molecule has 1 saturated carbocycles. The van der Waals surface area contributed by atoms with Gasteiger partial charge in [-0.05, 0) is 98.9 Å². The van der Waals surface area contributed by atoms with Crippen LogP contribution >= 0.6 is 0 Å². The summed E-state index contributed by atoms with van der Waals surface area (Å²) in [6, 6.07) is 16.2. The van der Waals surface area contributed by atoms with E-state index >= 15 is 0 Å². The fraction of sp³-hybridized carbons (Fsp3) is 0.682. The van der Waals surface area contributed by atoms with Gasteiger partial charge in [0.1, 0.15) is 0 Å². The third-order valence-electron chi connectivity index (χ3n) is 10.8. The summed E-state index contributed by atoms with van der Waals surface area (Å²) in [5.74, 6) is 0.978. The molecule has 1 fully saturated rings. The Kier molecular flexibility index (Phi) is 20.5. The lowest BCUT2D eigenvalue weighted by atomic mass is 9.81. The number of unbranched alkanes of at least 4 members (excludes halogenated alkanes) is 12. The third-order valence-corrected chi connectivity index (χ3v) is 10.8. The van der Waals surface area contributed by atoms with Gasteiger partial charge in [0.2, 0.25) is 0 Å². The summed E-state index contributed by atoms with van der Waals surface area (Å²) in [5.41, 5.74) is 3.92. The number of benzene rings is 2. The highest BCUT2D eigenvalue weighted by molar-refractivity contribution is 5.90. The van der Waals surface area contributed by atoms with Crippen molar-refractivity contribution in [3.8, 4) is 0 Å². The molecule has 0 bridgehead atoms. The molecule has 0 radical (unpaired) electrons. The number of hydrogen-bond acceptors (Lipinski definition) is 4. The standard InChI is InChI=1S/C44H74N6O2/c1-7-9-11-13-15-17-19-33-49(43(51)45-39-25-29-41(30-26-39)47(3)4)35-37-21-23-38(24-22-37)36-50(34-20-18-16-14-12-10-8-2)44(52)46-40-27-31-42(32-28-40)48(5)6/h25-32,37-38H,7-24,33-36H2,1-6H3,(H,45,51)(H,46,52). The molecule has 0 aromatic heterocycles. The summed E-state index contributed by atoms with van der Waals surface area (Å²) >= 11 is 0. The van der Waals surface area contributed by atoms with Crippen LogP contribution in [0.25, 0.3) is 0 Å². The number of nitrogens with zero attached hydrogens (tertiary/aromatic N) is 4. The largest absolute Gasteiger partial charge is 0.378 e. The van der Waals surface area contributed by atoms with E-state index in [1.54, 1.807) is 0 Å². The maximum atomic E-state index is 13.6. The molecule has 0 saturated heterocycles. The molecular weight excluding hydrogens is 645 g/mol. The Bertz CT molecular complexity index is 1140. The van der Waals surface area contributed by atoms with Crippen LogP contribution in [0.4, 0.5) is 32.3 Å². The highest BCUT2D eigenvalue weighted by Gasteiger charge is 2.27. The van der Waals surface area contributed by atoms with Crippen molar-refractivity contribution in [1.82, 2.24) is 9.80 Å². The Labute approximate surface area is 318 Å². The van der Waals surface area contributed by atoms with E-state index in [1.807, 2.05) is 52.5 Å². The van der Waals surface area contributed by atoms with Crippen LogP contribution in [0.2, 0.25) is 0 Å². The molecule has 8 heteroatoms. The molecule has 292 valence electrons. The molecule has 1 aliphatic carbocycles. The van der Waals surface area contributed by atoms with Crippen molar-refractivity contribution in [2.75, 3.05) is 74.8 Å². The van der Waals surface area contributed by atoms with Crippen molar-refractivity contribution in [3.63, 3.8) is 0 Å². The smallest absolute Gasteiger partial charge is 0.321 e. The first-order valence-electron chi connectivity index (χ1n) is 20.9. The Balaban J connectivity index is 1.56. The normalized spacial score (nSPS) is 15.6. The van der Waals surface area contributed by atoms with Crippen molar-refractivity contribution in [2.24, 2.45) is 11.8 Å². The zero-order chi connectivity index (χ0) is 37.6. The van der Waals surface area contributed by atoms with E-state index in [0.717, 1.165) is 87.5 Å². The number of carbonyl (C=O) groups is 2. The maximum Gasteiger partial charge on any atom is 0.321 e. The van der Waals surface area contributed by atoms with Crippen LogP contribution in [0.3, 0.4) is 0 Å². The van der Waals surface area contributed by atoms with Crippen molar-refractivity contribution in [2.45, 2.75) is 129 Å². The second-order valence-electron chi connectivity index (χ2n) is 15.8. The Hall–Kier alpha value is -3.42. The molecule has 0 heterocycles. The van der Waals surface area contributed by atoms with E-state index in [-0.39, 0.29) is 12.1 Å². The van der Waals surface area contributed by atoms with Gasteiger partial charge in [0.25, 0.3) is 0 Å². The Morgan fingerprint density at radius 2 is 0.808 bits per heavy atom. The van der Waals surface area contributed by atoms with Crippen molar-refractivity contribution >= 4 is 34.8 Å². The molecule has 0 aliphatic heterocycles. The minimum absolute atomic E-state index is 0.0156. The third kappa shape index (κ3) is 16.5. The minimum Gasteiger partial charge on any atom is -0.378 e. The highest BCUT2D eigenvalue weighted by Crippen LogP contribution is 2.31. The number of amides is 4. The van der Waals surface area contributed by atoms with Crippen LogP contribution < -0.4 is 20.4 Å². The zero-order valence-corrected chi connectivity index (χ0v) is 33.9. The first-order chi connectivity index (χ1) is 25.2. The summed E-state index contributed by atoms with van der Waals surface area (Å²) in [6.45, 7) is 7.72. The van der Waals surface area contributed by atoms with Gasteiger partial charge in [-0.2, -0.15) is 0 Å². The summed E-state index contributed by atoms with van der Waals surface area (Å²) < 4.78 is 0. The number of rotatable bonds is 24. The molecule has 2 N–H and O–H groups in total. The lowest BCUT2D eigenvalue weighted by molar-refractivity contribution is 0.159. The number of nitrogens with one attached hydrogen (secondary N) is 2. The quantitative estimate of drug-likeness (QED) is 0.106. The number of urea groups is 2. The van der Waals surface area contributed by atoms with Gasteiger partial charge in [0, 0.05) is 77.1 Å². The fourth-order valence-electron chi connectivity index (χ4n) is 7.38. The molecule has 8 nitrogen and oxygen atoms in total. The van der Waals surface area contributed by atoms with E-state index < -0.39 is 0 Å². The van der Waals surface area contributed by atoms with Gasteiger partial charge in [0.15, 0.2) is 0 Å². The number of carbonyl (C=O) groups excluding carboxylic acids is 2. The molecule has 52 heavy (non-hydrogen) atoms. The Morgan fingerprint density at radius 1 is 0.500 bits per heavy atom. The van der Waals surface area contributed by atoms with Crippen LogP contribution in [0.1, 0.15) is 129 Å². The van der Waals surface area contributed by atoms with Crippen molar-refractivity contribution in [3.05, 3.63) is 48.5 Å². The molecule has 3 rings (SSSR count).